The summed E-state index contributed by atoms with van der Waals surface area (Å²) < 4.78 is 17.6. The van der Waals surface area contributed by atoms with E-state index in [0.29, 0.717) is 81.0 Å². The third-order valence-electron chi connectivity index (χ3n) is 17.6. The van der Waals surface area contributed by atoms with Gasteiger partial charge in [0.1, 0.15) is 48.2 Å². The first kappa shape index (κ1) is 61.3. The normalized spacial score (nSPS) is 28.6. The van der Waals surface area contributed by atoms with Crippen LogP contribution in [-0.2, 0) is 41.1 Å². The summed E-state index contributed by atoms with van der Waals surface area (Å²) in [5.74, 6) is -3.82. The number of hydrogen-bond donors (Lipinski definition) is 15. The number of aliphatic carboxylic acids is 1. The van der Waals surface area contributed by atoms with Crippen LogP contribution < -0.4 is 36.9 Å². The number of amides is 2. The summed E-state index contributed by atoms with van der Waals surface area (Å²) >= 11 is 0. The average Bonchev–Trinajstić information content (AvgIpc) is 3.90. The van der Waals surface area contributed by atoms with E-state index in [4.69, 9.17) is 25.1 Å². The van der Waals surface area contributed by atoms with Gasteiger partial charge in [-0.05, 0) is 87.3 Å². The fourth-order valence-electron chi connectivity index (χ4n) is 13.6. The number of hydrogen-bond acceptors (Lipinski definition) is 22. The summed E-state index contributed by atoms with van der Waals surface area (Å²) in [6, 6.07) is 6.97. The van der Waals surface area contributed by atoms with Crippen molar-refractivity contribution >= 4 is 62.1 Å². The summed E-state index contributed by atoms with van der Waals surface area (Å²) in [4.78, 5) is 60.9. The highest BCUT2D eigenvalue weighted by Crippen LogP contribution is 2.64. The van der Waals surface area contributed by atoms with E-state index < -0.39 is 113 Å². The monoisotopic (exact) mass is 1160 g/mol. The summed E-state index contributed by atoms with van der Waals surface area (Å²) in [6.07, 6.45) is -4.05. The van der Waals surface area contributed by atoms with Crippen LogP contribution in [0.25, 0.3) is 10.9 Å². The zero-order valence-corrected chi connectivity index (χ0v) is 47.2. The van der Waals surface area contributed by atoms with Gasteiger partial charge in [-0.15, -0.1) is 0 Å². The number of aliphatic hydroxyl groups excluding tert-OH is 6. The number of nitrogens with one attached hydrogen (secondary N) is 5. The Bertz CT molecular complexity index is 2760. The number of fused-ring (bicyclic) bond motifs is 4. The second kappa shape index (κ2) is 25.0. The molecule has 2 aromatic carbocycles. The zero-order chi connectivity index (χ0) is 58.1. The van der Waals surface area contributed by atoms with Crippen LogP contribution in [-0.4, -0.2) is 218 Å². The molecule has 5 heterocycles. The van der Waals surface area contributed by atoms with Crippen LogP contribution in [0.2, 0.25) is 0 Å². The molecular weight excluding hydrogens is 1080 g/mol. The van der Waals surface area contributed by atoms with Crippen molar-refractivity contribution < 1.29 is 79.3 Å². The second-order valence-corrected chi connectivity index (χ2v) is 24.4. The molecule has 442 valence electrons. The molecule has 2 fully saturated rings. The molecule has 4 unspecified atom stereocenters. The van der Waals surface area contributed by atoms with E-state index in [2.05, 4.69) is 31.4 Å². The Balaban J connectivity index is 1.06. The standard InChI is InChI=1S/C54H78N8O16S2/c1-6-51(74,7-2)23-28-24-53(49(72)77-5,42-30(14-16-56-25-28)29-11-8-9-13-34(29)57-42)33-21-32-36(22-38(33)76-4)61(3)47-52(32)15-18-62-17-10-12-31(43(52)62)44(67)54(47,75)48(71)59-60-50(73)78-19-20-79-80-27-35(46(69)70)58-45(68)39(55)41(66)40(65)37(64)26-63/h8-13,21-22,28,31,35,37,39-41,43-44,47-48,56-57,59,63-67,71,74-75H,6-7,14-20,23-27,55H2,1-5H3,(H,58,68)(H,60,73)(H,69,70)/t28-,31?,35-,37-,39?,40-,41?,43+,44-,47-,48?,52-,53+,54-/m1/s1. The molecule has 14 atom stereocenters. The number of aliphatic hydroxyl groups is 8. The number of carbonyl (C=O) groups excluding carboxylic acids is 3. The Morgan fingerprint density at radius 1 is 1.04 bits per heavy atom. The number of ether oxygens (including phenoxy) is 3. The van der Waals surface area contributed by atoms with Crippen molar-refractivity contribution in [1.82, 2.24) is 31.4 Å². The zero-order valence-electron chi connectivity index (χ0n) is 45.5. The number of esters is 1. The Hall–Kier alpha value is -4.78. The van der Waals surface area contributed by atoms with Crippen LogP contribution in [0.15, 0.2) is 48.6 Å². The van der Waals surface area contributed by atoms with E-state index in [1.807, 2.05) is 67.3 Å². The number of carbonyl (C=O) groups is 4. The van der Waals surface area contributed by atoms with Crippen molar-refractivity contribution in [3.05, 3.63) is 70.9 Å². The fourth-order valence-corrected chi connectivity index (χ4v) is 15.6. The SMILES string of the molecule is CCC(O)(CC)C[C@H]1CNCCc2c([nH]c3ccccc23)[C@@](C(=O)OC)(c2cc3c(cc2OC)N(C)[C@@H]2[C@]34CCN3CC=CC([C@H]34)[C@@H](O)[C@]2(O)C(O)NNC(=O)OCCSSC[C@@H](NC(=O)C(N)C(O)[C@H](O)[C@H](O)CO)C(=O)O)C1. The van der Waals surface area contributed by atoms with Gasteiger partial charge in [0.25, 0.3) is 0 Å². The fraction of sp³-hybridized carbons (Fsp3) is 0.630. The molecule has 1 spiro atoms. The number of benzene rings is 2. The number of hydrazine groups is 1. The summed E-state index contributed by atoms with van der Waals surface area (Å²) in [5.41, 5.74) is 8.80. The maximum atomic E-state index is 15.5. The quantitative estimate of drug-likeness (QED) is 0.0136. The molecule has 1 saturated heterocycles. The Morgan fingerprint density at radius 2 is 1.77 bits per heavy atom. The maximum Gasteiger partial charge on any atom is 0.421 e. The van der Waals surface area contributed by atoms with Crippen LogP contribution >= 0.6 is 21.6 Å². The molecule has 2 amide bonds. The molecule has 26 heteroatoms. The van der Waals surface area contributed by atoms with Gasteiger partial charge in [-0.25, -0.2) is 15.0 Å². The third kappa shape index (κ3) is 10.9. The molecule has 8 rings (SSSR count). The van der Waals surface area contributed by atoms with Crippen molar-refractivity contribution in [3.8, 4) is 5.75 Å². The van der Waals surface area contributed by atoms with Crippen molar-refractivity contribution in [2.24, 2.45) is 17.6 Å². The largest absolute Gasteiger partial charge is 0.496 e. The molecule has 1 saturated carbocycles. The van der Waals surface area contributed by atoms with E-state index in [0.717, 1.165) is 43.6 Å². The number of anilines is 1. The lowest BCUT2D eigenvalue weighted by Gasteiger charge is -2.60. The van der Waals surface area contributed by atoms with Crippen LogP contribution in [0.3, 0.4) is 0 Å². The van der Waals surface area contributed by atoms with Gasteiger partial charge >= 0.3 is 18.0 Å². The first-order valence-electron chi connectivity index (χ1n) is 27.1. The number of nitrogens with two attached hydrogens (primary N) is 1. The van der Waals surface area contributed by atoms with Crippen LogP contribution in [0.1, 0.15) is 68.3 Å². The topological polar surface area (TPSA) is 374 Å². The molecular formula is C54H78N8O16S2. The van der Waals surface area contributed by atoms with Gasteiger partial charge in [0, 0.05) is 76.4 Å². The number of carboxylic acids is 1. The molecule has 1 aromatic heterocycles. The van der Waals surface area contributed by atoms with Gasteiger partial charge in [-0.2, -0.15) is 0 Å². The lowest BCUT2D eigenvalue weighted by atomic mass is 9.53. The number of carboxylic acid groups (broad SMARTS) is 1. The Kier molecular flexibility index (Phi) is 19.1. The van der Waals surface area contributed by atoms with Gasteiger partial charge in [0.15, 0.2) is 11.8 Å². The minimum Gasteiger partial charge on any atom is -0.496 e. The Labute approximate surface area is 471 Å². The number of aromatic amines is 1. The van der Waals surface area contributed by atoms with Crippen molar-refractivity contribution in [2.75, 3.05) is 77.1 Å². The Morgan fingerprint density at radius 3 is 2.46 bits per heavy atom. The van der Waals surface area contributed by atoms with Crippen LogP contribution in [0.5, 0.6) is 5.75 Å². The van der Waals surface area contributed by atoms with Gasteiger partial charge < -0.3 is 86.4 Å². The summed E-state index contributed by atoms with van der Waals surface area (Å²) in [6.45, 7) is 5.00. The van der Waals surface area contributed by atoms with Gasteiger partial charge in [0.05, 0.1) is 38.6 Å². The minimum atomic E-state index is -2.41. The lowest BCUT2D eigenvalue weighted by molar-refractivity contribution is -0.218. The maximum absolute atomic E-state index is 15.5. The van der Waals surface area contributed by atoms with Crippen LogP contribution in [0.4, 0.5) is 10.5 Å². The van der Waals surface area contributed by atoms with E-state index in [1.54, 1.807) is 7.05 Å². The van der Waals surface area contributed by atoms with Crippen LogP contribution in [0, 0.1) is 11.8 Å². The highest BCUT2D eigenvalue weighted by atomic mass is 33.1. The van der Waals surface area contributed by atoms with E-state index >= 15 is 4.79 Å². The number of nitrogens with zero attached hydrogens (tertiary/aromatic N) is 2. The average molecular weight is 1160 g/mol. The number of H-pyrrole nitrogens is 1. The van der Waals surface area contributed by atoms with Gasteiger partial charge in [-0.1, -0.05) is 65.8 Å². The highest BCUT2D eigenvalue weighted by Gasteiger charge is 2.75. The highest BCUT2D eigenvalue weighted by molar-refractivity contribution is 8.76. The molecule has 3 aromatic rings. The molecule has 16 N–H and O–H groups in total. The molecule has 4 aliphatic heterocycles. The predicted octanol–water partition coefficient (Wildman–Crippen LogP) is -0.947. The van der Waals surface area contributed by atoms with Crippen molar-refractivity contribution in [2.45, 2.75) is 129 Å². The van der Waals surface area contributed by atoms with Gasteiger partial charge in [-0.3, -0.25) is 19.9 Å². The molecule has 5 aliphatic rings. The summed E-state index contributed by atoms with van der Waals surface area (Å²) in [5, 5.41) is 105. The third-order valence-corrected chi connectivity index (χ3v) is 20.0. The molecule has 0 radical (unpaired) electrons. The number of para-hydroxylation sites is 1. The molecule has 1 aliphatic carbocycles. The van der Waals surface area contributed by atoms with Gasteiger partial charge in [0.2, 0.25) is 5.91 Å². The molecule has 80 heavy (non-hydrogen) atoms. The van der Waals surface area contributed by atoms with E-state index in [-0.39, 0.29) is 30.5 Å². The van der Waals surface area contributed by atoms with E-state index in [9.17, 15) is 55.2 Å². The molecule has 24 nitrogen and oxygen atoms in total. The number of rotatable bonds is 23. The predicted molar refractivity (Wildman–Crippen MR) is 298 cm³/mol. The number of likely N-dealkylation sites (N-methyl/N-ethyl adjacent to an activating group) is 1. The first-order chi connectivity index (χ1) is 38.1. The molecule has 0 bridgehead atoms. The smallest absolute Gasteiger partial charge is 0.421 e. The van der Waals surface area contributed by atoms with Crippen molar-refractivity contribution in [3.63, 3.8) is 0 Å². The minimum absolute atomic E-state index is 0.119. The summed E-state index contributed by atoms with van der Waals surface area (Å²) in [7, 11) is 6.77. The number of aromatic nitrogens is 1. The first-order valence-corrected chi connectivity index (χ1v) is 29.6. The second-order valence-electron chi connectivity index (χ2n) is 21.8. The van der Waals surface area contributed by atoms with E-state index in [1.165, 1.54) is 14.2 Å². The lowest BCUT2D eigenvalue weighted by Crippen LogP contribution is -2.80. The van der Waals surface area contributed by atoms with Crippen molar-refractivity contribution in [1.29, 1.82) is 0 Å². The number of methoxy groups -OCH3 is 2.